The Kier molecular flexibility index (Phi) is 3.30. The number of aliphatic hydroxyl groups is 1. The summed E-state index contributed by atoms with van der Waals surface area (Å²) in [5, 5.41) is 10.6. The molecule has 0 aliphatic heterocycles. The number of methoxy groups -OCH3 is 1. The number of nitrogens with zero attached hydrogens (tertiary/aromatic N) is 2. The summed E-state index contributed by atoms with van der Waals surface area (Å²) in [4.78, 5) is 4.27. The number of hydrogen-bond donors (Lipinski definition) is 1. The average molecular weight is 224 g/mol. The molecule has 0 amide bonds. The summed E-state index contributed by atoms with van der Waals surface area (Å²) in [6.07, 6.45) is 8.15. The van der Waals surface area contributed by atoms with Crippen LogP contribution in [0.25, 0.3) is 0 Å². The first-order valence-electron chi connectivity index (χ1n) is 5.87. The van der Waals surface area contributed by atoms with Crippen molar-refractivity contribution in [2.45, 2.75) is 43.8 Å². The number of aryl methyl sites for hydroxylation is 1. The Morgan fingerprint density at radius 2 is 2.44 bits per heavy atom. The summed E-state index contributed by atoms with van der Waals surface area (Å²) in [5.41, 5.74) is -0.744. The fraction of sp³-hybridized carbons (Fsp3) is 0.750. The monoisotopic (exact) mass is 224 g/mol. The van der Waals surface area contributed by atoms with E-state index in [4.69, 9.17) is 4.74 Å². The first-order valence-corrected chi connectivity index (χ1v) is 5.87. The lowest BCUT2D eigenvalue weighted by molar-refractivity contribution is -0.117. The zero-order valence-electron chi connectivity index (χ0n) is 10.0. The minimum atomic E-state index is -0.744. The second-order valence-electron chi connectivity index (χ2n) is 4.70. The molecule has 0 bridgehead atoms. The summed E-state index contributed by atoms with van der Waals surface area (Å²) < 4.78 is 7.37. The Morgan fingerprint density at radius 1 is 1.62 bits per heavy atom. The van der Waals surface area contributed by atoms with Crippen LogP contribution in [0.15, 0.2) is 12.4 Å². The molecule has 90 valence electrons. The molecular formula is C12H20N2O2. The van der Waals surface area contributed by atoms with Crippen molar-refractivity contribution in [3.63, 3.8) is 0 Å². The molecule has 1 aliphatic rings. The summed E-state index contributed by atoms with van der Waals surface area (Å²) >= 11 is 0. The molecule has 1 aromatic heterocycles. The van der Waals surface area contributed by atoms with Gasteiger partial charge in [-0.05, 0) is 12.8 Å². The zero-order chi connectivity index (χ0) is 11.6. The highest BCUT2D eigenvalue weighted by Gasteiger charge is 2.40. The van der Waals surface area contributed by atoms with Crippen LogP contribution in [0.2, 0.25) is 0 Å². The summed E-state index contributed by atoms with van der Waals surface area (Å²) in [6.45, 7) is 0. The highest BCUT2D eigenvalue weighted by atomic mass is 16.5. The molecule has 0 radical (unpaired) electrons. The van der Waals surface area contributed by atoms with Gasteiger partial charge in [0.2, 0.25) is 0 Å². The molecule has 0 spiro atoms. The highest BCUT2D eigenvalue weighted by molar-refractivity contribution is 5.02. The van der Waals surface area contributed by atoms with Gasteiger partial charge in [0.05, 0.1) is 11.7 Å². The Labute approximate surface area is 96.3 Å². The normalized spacial score (nSPS) is 30.6. The van der Waals surface area contributed by atoms with Gasteiger partial charge in [0.15, 0.2) is 0 Å². The van der Waals surface area contributed by atoms with Gasteiger partial charge in [-0.3, -0.25) is 0 Å². The second kappa shape index (κ2) is 4.55. The topological polar surface area (TPSA) is 47.3 Å². The van der Waals surface area contributed by atoms with Crippen LogP contribution in [-0.2, 0) is 18.2 Å². The molecule has 4 nitrogen and oxygen atoms in total. The van der Waals surface area contributed by atoms with E-state index in [1.807, 2.05) is 17.8 Å². The zero-order valence-corrected chi connectivity index (χ0v) is 10.0. The predicted octanol–water partition coefficient (Wildman–Crippen LogP) is 1.28. The van der Waals surface area contributed by atoms with E-state index in [2.05, 4.69) is 4.98 Å². The van der Waals surface area contributed by atoms with Gasteiger partial charge in [-0.2, -0.15) is 0 Å². The lowest BCUT2D eigenvalue weighted by atomic mass is 9.79. The minimum absolute atomic E-state index is 0.0575. The smallest absolute Gasteiger partial charge is 0.111 e. The Hall–Kier alpha value is -0.870. The summed E-state index contributed by atoms with van der Waals surface area (Å²) in [7, 11) is 3.63. The Morgan fingerprint density at radius 3 is 3.06 bits per heavy atom. The van der Waals surface area contributed by atoms with Crippen LogP contribution >= 0.6 is 0 Å². The van der Waals surface area contributed by atoms with E-state index in [-0.39, 0.29) is 6.10 Å². The van der Waals surface area contributed by atoms with Crippen molar-refractivity contribution in [2.24, 2.45) is 7.05 Å². The van der Waals surface area contributed by atoms with Crippen molar-refractivity contribution in [2.75, 3.05) is 7.11 Å². The van der Waals surface area contributed by atoms with Gasteiger partial charge in [-0.25, -0.2) is 4.98 Å². The lowest BCUT2D eigenvalue weighted by Crippen LogP contribution is -2.48. The number of rotatable bonds is 3. The average Bonchev–Trinajstić information content (AvgIpc) is 2.64. The molecule has 1 fully saturated rings. The summed E-state index contributed by atoms with van der Waals surface area (Å²) in [5.74, 6) is 0.923. The van der Waals surface area contributed by atoms with Crippen molar-refractivity contribution in [1.29, 1.82) is 0 Å². The van der Waals surface area contributed by atoms with Crippen LogP contribution in [0.5, 0.6) is 0 Å². The standard InChI is InChI=1S/C12H20N2O2/c1-14-8-7-13-11(14)9-12(15)6-4-3-5-10(12)16-2/h7-8,10,15H,3-6,9H2,1-2H3. The van der Waals surface area contributed by atoms with Crippen molar-refractivity contribution in [1.82, 2.24) is 9.55 Å². The maximum Gasteiger partial charge on any atom is 0.111 e. The van der Waals surface area contributed by atoms with Gasteiger partial charge in [0, 0.05) is 33.0 Å². The third-order valence-electron chi connectivity index (χ3n) is 3.60. The van der Waals surface area contributed by atoms with Crippen LogP contribution in [-0.4, -0.2) is 33.5 Å². The maximum atomic E-state index is 10.6. The van der Waals surface area contributed by atoms with E-state index in [1.54, 1.807) is 13.3 Å². The second-order valence-corrected chi connectivity index (χ2v) is 4.70. The quantitative estimate of drug-likeness (QED) is 0.841. The van der Waals surface area contributed by atoms with Crippen LogP contribution in [0.3, 0.4) is 0 Å². The highest BCUT2D eigenvalue weighted by Crippen LogP contribution is 2.32. The third kappa shape index (κ3) is 2.13. The van der Waals surface area contributed by atoms with E-state index in [1.165, 1.54) is 0 Å². The van der Waals surface area contributed by atoms with Gasteiger partial charge in [0.1, 0.15) is 5.82 Å². The van der Waals surface area contributed by atoms with E-state index < -0.39 is 5.60 Å². The number of aromatic nitrogens is 2. The van der Waals surface area contributed by atoms with Crippen LogP contribution in [0.4, 0.5) is 0 Å². The Balaban J connectivity index is 2.14. The molecule has 1 aliphatic carbocycles. The van der Waals surface area contributed by atoms with E-state index in [0.717, 1.165) is 31.5 Å². The molecule has 0 aromatic carbocycles. The molecule has 4 heteroatoms. The fourth-order valence-electron chi connectivity index (χ4n) is 2.57. The van der Waals surface area contributed by atoms with E-state index in [9.17, 15) is 5.11 Å². The first kappa shape index (κ1) is 11.6. The number of imidazole rings is 1. The van der Waals surface area contributed by atoms with Crippen LogP contribution in [0, 0.1) is 0 Å². The first-order chi connectivity index (χ1) is 7.65. The molecule has 1 saturated carbocycles. The van der Waals surface area contributed by atoms with Gasteiger partial charge in [0.25, 0.3) is 0 Å². The molecule has 1 heterocycles. The lowest BCUT2D eigenvalue weighted by Gasteiger charge is -2.38. The largest absolute Gasteiger partial charge is 0.387 e. The van der Waals surface area contributed by atoms with Gasteiger partial charge in [-0.15, -0.1) is 0 Å². The molecule has 2 atom stereocenters. The molecule has 2 unspecified atom stereocenters. The number of ether oxygens (including phenoxy) is 1. The van der Waals surface area contributed by atoms with Gasteiger partial charge in [-0.1, -0.05) is 12.8 Å². The maximum absolute atomic E-state index is 10.6. The number of hydrogen-bond acceptors (Lipinski definition) is 3. The van der Waals surface area contributed by atoms with E-state index in [0.29, 0.717) is 6.42 Å². The SMILES string of the molecule is COC1CCCCC1(O)Cc1nccn1C. The molecule has 0 saturated heterocycles. The van der Waals surface area contributed by atoms with Gasteiger partial charge < -0.3 is 14.4 Å². The molecule has 16 heavy (non-hydrogen) atoms. The Bertz CT molecular complexity index is 351. The summed E-state index contributed by atoms with van der Waals surface area (Å²) in [6, 6.07) is 0. The van der Waals surface area contributed by atoms with Crippen molar-refractivity contribution < 1.29 is 9.84 Å². The van der Waals surface area contributed by atoms with Crippen molar-refractivity contribution >= 4 is 0 Å². The van der Waals surface area contributed by atoms with Gasteiger partial charge >= 0.3 is 0 Å². The fourth-order valence-corrected chi connectivity index (χ4v) is 2.57. The third-order valence-corrected chi connectivity index (χ3v) is 3.60. The predicted molar refractivity (Wildman–Crippen MR) is 61.1 cm³/mol. The van der Waals surface area contributed by atoms with Crippen LogP contribution in [0.1, 0.15) is 31.5 Å². The van der Waals surface area contributed by atoms with Crippen LogP contribution < -0.4 is 0 Å². The molecule has 1 aromatic rings. The van der Waals surface area contributed by atoms with Crippen molar-refractivity contribution in [3.05, 3.63) is 18.2 Å². The molecule has 2 rings (SSSR count). The van der Waals surface area contributed by atoms with Crippen molar-refractivity contribution in [3.8, 4) is 0 Å². The molecular weight excluding hydrogens is 204 g/mol. The van der Waals surface area contributed by atoms with E-state index >= 15 is 0 Å². The molecule has 1 N–H and O–H groups in total. The minimum Gasteiger partial charge on any atom is -0.387 e.